The first kappa shape index (κ1) is 31.8. The zero-order chi connectivity index (χ0) is 30.2. The molecule has 0 saturated carbocycles. The molecule has 0 fully saturated rings. The van der Waals surface area contributed by atoms with Crippen molar-refractivity contribution < 1.29 is 33.4 Å². The summed E-state index contributed by atoms with van der Waals surface area (Å²) in [6.07, 6.45) is 1.56. The topological polar surface area (TPSA) is 125 Å². The van der Waals surface area contributed by atoms with Gasteiger partial charge in [-0.3, -0.25) is 19.4 Å². The largest absolute Gasteiger partial charge is 0.461 e. The molecule has 0 bridgehead atoms. The standard InChI is InChI=1S/C33H36N2O7/c1-2-21-40-33(39)29(22-25-13-6-3-7-14-25)35(34)31(37)28(32(38)42-24-27-17-10-5-11-18-27)19-12-20-30(36)41-23-26-15-8-4-9-16-26/h2-11,13-18,28-29H,1,12,19-24,34H2. The maximum absolute atomic E-state index is 13.6. The van der Waals surface area contributed by atoms with Crippen LogP contribution in [0.25, 0.3) is 0 Å². The molecule has 2 N–H and O–H groups in total. The average molecular weight is 573 g/mol. The Bertz CT molecular complexity index is 1300. The van der Waals surface area contributed by atoms with Gasteiger partial charge in [-0.1, -0.05) is 104 Å². The molecule has 42 heavy (non-hydrogen) atoms. The molecule has 0 spiro atoms. The fourth-order valence-electron chi connectivity index (χ4n) is 4.14. The van der Waals surface area contributed by atoms with E-state index in [-0.39, 0.29) is 45.5 Å². The second-order valence-corrected chi connectivity index (χ2v) is 9.55. The second kappa shape index (κ2) is 17.1. The van der Waals surface area contributed by atoms with E-state index in [9.17, 15) is 19.2 Å². The van der Waals surface area contributed by atoms with E-state index in [4.69, 9.17) is 20.1 Å². The lowest BCUT2D eigenvalue weighted by molar-refractivity contribution is -0.163. The number of rotatable bonds is 16. The minimum absolute atomic E-state index is 0.0258. The van der Waals surface area contributed by atoms with Gasteiger partial charge in [0.15, 0.2) is 0 Å². The Labute approximate surface area is 245 Å². The zero-order valence-corrected chi connectivity index (χ0v) is 23.4. The van der Waals surface area contributed by atoms with Crippen LogP contribution in [0.2, 0.25) is 0 Å². The average Bonchev–Trinajstić information content (AvgIpc) is 3.03. The molecular formula is C33H36N2O7. The number of esters is 3. The van der Waals surface area contributed by atoms with E-state index in [1.807, 2.05) is 42.5 Å². The van der Waals surface area contributed by atoms with E-state index < -0.39 is 35.8 Å². The van der Waals surface area contributed by atoms with Gasteiger partial charge in [-0.2, -0.15) is 0 Å². The molecule has 3 aromatic rings. The van der Waals surface area contributed by atoms with Crippen molar-refractivity contribution in [3.8, 4) is 0 Å². The summed E-state index contributed by atoms with van der Waals surface area (Å²) >= 11 is 0. The van der Waals surface area contributed by atoms with Crippen molar-refractivity contribution in [2.24, 2.45) is 11.8 Å². The van der Waals surface area contributed by atoms with Crippen molar-refractivity contribution in [1.29, 1.82) is 0 Å². The molecule has 0 aliphatic carbocycles. The fraction of sp³-hybridized carbons (Fsp3) is 0.273. The van der Waals surface area contributed by atoms with E-state index in [0.717, 1.165) is 21.7 Å². The van der Waals surface area contributed by atoms with Crippen LogP contribution in [0.5, 0.6) is 0 Å². The Morgan fingerprint density at radius 1 is 0.738 bits per heavy atom. The lowest BCUT2D eigenvalue weighted by Gasteiger charge is -2.28. The Kier molecular flexibility index (Phi) is 13.0. The number of amides is 1. The summed E-state index contributed by atoms with van der Waals surface area (Å²) in [5.74, 6) is 2.04. The van der Waals surface area contributed by atoms with Gasteiger partial charge < -0.3 is 14.2 Å². The van der Waals surface area contributed by atoms with Gasteiger partial charge in [0.2, 0.25) is 0 Å². The lowest BCUT2D eigenvalue weighted by atomic mass is 9.98. The van der Waals surface area contributed by atoms with Gasteiger partial charge in [0, 0.05) is 12.8 Å². The van der Waals surface area contributed by atoms with Crippen molar-refractivity contribution >= 4 is 23.8 Å². The SMILES string of the molecule is C=CCOC(=O)C(Cc1ccccc1)N(N)C(=O)C(CCCC(=O)OCc1ccccc1)C(=O)OCc1ccccc1. The third-order valence-electron chi connectivity index (χ3n) is 6.40. The van der Waals surface area contributed by atoms with Crippen LogP contribution in [-0.2, 0) is 53.0 Å². The van der Waals surface area contributed by atoms with Crippen LogP contribution in [0.3, 0.4) is 0 Å². The first-order valence-corrected chi connectivity index (χ1v) is 13.7. The van der Waals surface area contributed by atoms with Crippen LogP contribution >= 0.6 is 0 Å². The maximum atomic E-state index is 13.6. The molecule has 9 nitrogen and oxygen atoms in total. The number of hydrazine groups is 1. The molecule has 3 rings (SSSR count). The van der Waals surface area contributed by atoms with E-state index >= 15 is 0 Å². The van der Waals surface area contributed by atoms with Crippen molar-refractivity contribution in [2.75, 3.05) is 6.61 Å². The number of hydrogen-bond acceptors (Lipinski definition) is 8. The molecular weight excluding hydrogens is 536 g/mol. The van der Waals surface area contributed by atoms with Crippen molar-refractivity contribution in [3.63, 3.8) is 0 Å². The highest BCUT2D eigenvalue weighted by atomic mass is 16.5. The number of carbonyl (C=O) groups is 4. The molecule has 3 aromatic carbocycles. The van der Waals surface area contributed by atoms with Gasteiger partial charge in [-0.25, -0.2) is 10.6 Å². The Hall–Kier alpha value is -4.76. The number of ether oxygens (including phenoxy) is 3. The summed E-state index contributed by atoms with van der Waals surface area (Å²) in [5, 5.41) is 0.737. The molecule has 0 aromatic heterocycles. The summed E-state index contributed by atoms with van der Waals surface area (Å²) in [6.45, 7) is 3.54. The van der Waals surface area contributed by atoms with Gasteiger partial charge in [-0.15, -0.1) is 0 Å². The first-order valence-electron chi connectivity index (χ1n) is 13.7. The Balaban J connectivity index is 1.71. The summed E-state index contributed by atoms with van der Waals surface area (Å²) in [5.41, 5.74) is 2.32. The van der Waals surface area contributed by atoms with Gasteiger partial charge in [-0.05, 0) is 29.5 Å². The molecule has 0 aliphatic heterocycles. The Morgan fingerprint density at radius 2 is 1.26 bits per heavy atom. The molecule has 0 saturated heterocycles. The number of benzene rings is 3. The molecule has 9 heteroatoms. The van der Waals surface area contributed by atoms with Crippen LogP contribution < -0.4 is 5.84 Å². The first-order chi connectivity index (χ1) is 20.4. The highest BCUT2D eigenvalue weighted by Crippen LogP contribution is 2.19. The van der Waals surface area contributed by atoms with Crippen molar-refractivity contribution in [1.82, 2.24) is 5.01 Å². The van der Waals surface area contributed by atoms with Crippen molar-refractivity contribution in [3.05, 3.63) is 120 Å². The minimum Gasteiger partial charge on any atom is -0.461 e. The third-order valence-corrected chi connectivity index (χ3v) is 6.40. The smallest absolute Gasteiger partial charge is 0.331 e. The summed E-state index contributed by atoms with van der Waals surface area (Å²) in [7, 11) is 0. The third kappa shape index (κ3) is 10.3. The molecule has 0 radical (unpaired) electrons. The monoisotopic (exact) mass is 572 g/mol. The molecule has 1 amide bonds. The molecule has 220 valence electrons. The van der Waals surface area contributed by atoms with E-state index in [0.29, 0.717) is 0 Å². The quantitative estimate of drug-likeness (QED) is 0.0512. The molecule has 0 aliphatic rings. The number of nitrogens with two attached hydrogens (primary N) is 1. The Morgan fingerprint density at radius 3 is 1.81 bits per heavy atom. The molecule has 2 unspecified atom stereocenters. The summed E-state index contributed by atoms with van der Waals surface area (Å²) < 4.78 is 16.0. The van der Waals surface area contributed by atoms with Crippen LogP contribution in [0.15, 0.2) is 104 Å². The van der Waals surface area contributed by atoms with Crippen LogP contribution in [0.4, 0.5) is 0 Å². The van der Waals surface area contributed by atoms with Gasteiger partial charge >= 0.3 is 17.9 Å². The summed E-state index contributed by atoms with van der Waals surface area (Å²) in [6, 6.07) is 26.0. The maximum Gasteiger partial charge on any atom is 0.331 e. The number of nitrogens with zero attached hydrogens (tertiary/aromatic N) is 1. The van der Waals surface area contributed by atoms with Crippen LogP contribution in [-0.4, -0.2) is 41.5 Å². The normalized spacial score (nSPS) is 11.9. The van der Waals surface area contributed by atoms with E-state index in [2.05, 4.69) is 6.58 Å². The minimum atomic E-state index is -1.36. The van der Waals surface area contributed by atoms with Crippen LogP contribution in [0.1, 0.15) is 36.0 Å². The highest BCUT2D eigenvalue weighted by molar-refractivity contribution is 5.99. The van der Waals surface area contributed by atoms with Crippen LogP contribution in [0, 0.1) is 5.92 Å². The van der Waals surface area contributed by atoms with Gasteiger partial charge in [0.25, 0.3) is 5.91 Å². The second-order valence-electron chi connectivity index (χ2n) is 9.55. The predicted molar refractivity (Wildman–Crippen MR) is 156 cm³/mol. The molecule has 0 heterocycles. The van der Waals surface area contributed by atoms with Crippen molar-refractivity contribution in [2.45, 2.75) is 44.9 Å². The van der Waals surface area contributed by atoms with E-state index in [1.165, 1.54) is 6.08 Å². The predicted octanol–water partition coefficient (Wildman–Crippen LogP) is 4.30. The number of hydrogen-bond donors (Lipinski definition) is 1. The zero-order valence-electron chi connectivity index (χ0n) is 23.4. The van der Waals surface area contributed by atoms with Gasteiger partial charge in [0.1, 0.15) is 31.8 Å². The highest BCUT2D eigenvalue weighted by Gasteiger charge is 2.37. The molecule has 2 atom stereocenters. The fourth-order valence-corrected chi connectivity index (χ4v) is 4.14. The summed E-state index contributed by atoms with van der Waals surface area (Å²) in [4.78, 5) is 52.1. The van der Waals surface area contributed by atoms with Gasteiger partial charge in [0.05, 0.1) is 0 Å². The lowest BCUT2D eigenvalue weighted by Crippen LogP contribution is -2.54. The van der Waals surface area contributed by atoms with E-state index in [1.54, 1.807) is 48.5 Å². The number of carbonyl (C=O) groups excluding carboxylic acids is 4.